The molecule has 4 heteroatoms. The van der Waals surface area contributed by atoms with E-state index in [0.717, 1.165) is 17.7 Å². The zero-order valence-corrected chi connectivity index (χ0v) is 11.4. The summed E-state index contributed by atoms with van der Waals surface area (Å²) >= 11 is 0. The zero-order valence-electron chi connectivity index (χ0n) is 11.4. The maximum atomic E-state index is 11.4. The van der Waals surface area contributed by atoms with Gasteiger partial charge in [-0.3, -0.25) is 15.0 Å². The standard InChI is InChI=1S/C14H20N2O2/c1-10-7-5-6-8-11(10)12-9-15(4)14(2,3)13(12)16(17)18/h5-8,12-13H,9H2,1-4H3/t12-,13-/m1/s1. The number of nitro groups is 1. The van der Waals surface area contributed by atoms with Crippen molar-refractivity contribution in [2.45, 2.75) is 38.3 Å². The summed E-state index contributed by atoms with van der Waals surface area (Å²) in [5.74, 6) is -0.0267. The molecular weight excluding hydrogens is 228 g/mol. The van der Waals surface area contributed by atoms with Gasteiger partial charge in [0.2, 0.25) is 6.04 Å². The lowest BCUT2D eigenvalue weighted by atomic mass is 9.84. The SMILES string of the molecule is Cc1ccccc1[C@H]1CN(C)C(C)(C)[C@@H]1[N+](=O)[O-]. The first-order valence-electron chi connectivity index (χ1n) is 6.26. The van der Waals surface area contributed by atoms with Crippen LogP contribution < -0.4 is 0 Å². The predicted octanol–water partition coefficient (Wildman–Crippen LogP) is 2.45. The van der Waals surface area contributed by atoms with Crippen LogP contribution in [0.4, 0.5) is 0 Å². The van der Waals surface area contributed by atoms with Crippen LogP contribution in [-0.4, -0.2) is 35.0 Å². The normalized spacial score (nSPS) is 27.3. The van der Waals surface area contributed by atoms with Crippen molar-refractivity contribution in [1.29, 1.82) is 0 Å². The van der Waals surface area contributed by atoms with Crippen molar-refractivity contribution in [2.24, 2.45) is 0 Å². The molecule has 1 heterocycles. The molecule has 0 N–H and O–H groups in total. The highest BCUT2D eigenvalue weighted by Crippen LogP contribution is 2.40. The predicted molar refractivity (Wildman–Crippen MR) is 71.4 cm³/mol. The van der Waals surface area contributed by atoms with Crippen LogP contribution in [0.2, 0.25) is 0 Å². The maximum absolute atomic E-state index is 11.4. The Morgan fingerprint density at radius 3 is 2.56 bits per heavy atom. The fourth-order valence-electron chi connectivity index (χ4n) is 3.02. The molecule has 2 rings (SSSR count). The monoisotopic (exact) mass is 248 g/mol. The summed E-state index contributed by atoms with van der Waals surface area (Å²) in [6, 6.07) is 7.43. The first kappa shape index (κ1) is 13.0. The summed E-state index contributed by atoms with van der Waals surface area (Å²) < 4.78 is 0. The second kappa shape index (κ2) is 4.35. The Labute approximate surface area is 108 Å². The summed E-state index contributed by atoms with van der Waals surface area (Å²) in [5.41, 5.74) is 1.84. The van der Waals surface area contributed by atoms with Gasteiger partial charge < -0.3 is 0 Å². The molecule has 1 aliphatic heterocycles. The second-order valence-corrected chi connectivity index (χ2v) is 5.73. The number of likely N-dealkylation sites (tertiary alicyclic amines) is 1. The molecule has 18 heavy (non-hydrogen) atoms. The number of benzene rings is 1. The van der Waals surface area contributed by atoms with Crippen LogP contribution in [0.25, 0.3) is 0 Å². The van der Waals surface area contributed by atoms with Crippen LogP contribution in [0.3, 0.4) is 0 Å². The Hall–Kier alpha value is -1.42. The highest BCUT2D eigenvalue weighted by molar-refractivity contribution is 5.32. The zero-order chi connectivity index (χ0) is 13.5. The Morgan fingerprint density at radius 2 is 2.00 bits per heavy atom. The van der Waals surface area contributed by atoms with Gasteiger partial charge in [0.05, 0.1) is 11.5 Å². The molecule has 1 saturated heterocycles. The summed E-state index contributed by atoms with van der Waals surface area (Å²) in [6.45, 7) is 6.68. The van der Waals surface area contributed by atoms with Gasteiger partial charge in [-0.05, 0) is 38.9 Å². The topological polar surface area (TPSA) is 46.4 Å². The van der Waals surface area contributed by atoms with E-state index in [-0.39, 0.29) is 10.8 Å². The lowest BCUT2D eigenvalue weighted by Crippen LogP contribution is -2.47. The van der Waals surface area contributed by atoms with Gasteiger partial charge in [-0.2, -0.15) is 0 Å². The fourth-order valence-corrected chi connectivity index (χ4v) is 3.02. The third kappa shape index (κ3) is 1.90. The summed E-state index contributed by atoms with van der Waals surface area (Å²) in [6.07, 6.45) is 0. The summed E-state index contributed by atoms with van der Waals surface area (Å²) in [7, 11) is 1.97. The smallest absolute Gasteiger partial charge is 0.238 e. The number of hydrogen-bond acceptors (Lipinski definition) is 3. The van der Waals surface area contributed by atoms with Crippen molar-refractivity contribution in [3.8, 4) is 0 Å². The van der Waals surface area contributed by atoms with Crippen molar-refractivity contribution in [3.05, 3.63) is 45.5 Å². The average Bonchev–Trinajstić information content (AvgIpc) is 2.50. The average molecular weight is 248 g/mol. The highest BCUT2D eigenvalue weighted by Gasteiger charge is 2.54. The fraction of sp³-hybridized carbons (Fsp3) is 0.571. The molecule has 2 atom stereocenters. The third-order valence-electron chi connectivity index (χ3n) is 4.37. The van der Waals surface area contributed by atoms with E-state index in [1.165, 1.54) is 0 Å². The van der Waals surface area contributed by atoms with Crippen LogP contribution in [-0.2, 0) is 0 Å². The largest absolute Gasteiger partial charge is 0.294 e. The highest BCUT2D eigenvalue weighted by atomic mass is 16.6. The van der Waals surface area contributed by atoms with Crippen molar-refractivity contribution in [1.82, 2.24) is 4.90 Å². The number of nitrogens with zero attached hydrogens (tertiary/aromatic N) is 2. The van der Waals surface area contributed by atoms with Crippen LogP contribution in [0.5, 0.6) is 0 Å². The number of aryl methyl sites for hydroxylation is 1. The van der Waals surface area contributed by atoms with E-state index in [9.17, 15) is 10.1 Å². The van der Waals surface area contributed by atoms with Gasteiger partial charge >= 0.3 is 0 Å². The van der Waals surface area contributed by atoms with E-state index in [1.54, 1.807) is 0 Å². The van der Waals surface area contributed by atoms with Crippen molar-refractivity contribution in [2.75, 3.05) is 13.6 Å². The molecule has 0 spiro atoms. The molecule has 1 aromatic rings. The Balaban J connectivity index is 2.45. The van der Waals surface area contributed by atoms with Gasteiger partial charge in [0, 0.05) is 11.5 Å². The summed E-state index contributed by atoms with van der Waals surface area (Å²) in [4.78, 5) is 13.4. The van der Waals surface area contributed by atoms with E-state index in [4.69, 9.17) is 0 Å². The lowest BCUT2D eigenvalue weighted by Gasteiger charge is -2.28. The molecule has 0 bridgehead atoms. The molecule has 0 amide bonds. The van der Waals surface area contributed by atoms with Gasteiger partial charge in [0.1, 0.15) is 0 Å². The number of likely N-dealkylation sites (N-methyl/N-ethyl adjacent to an activating group) is 1. The molecule has 4 nitrogen and oxygen atoms in total. The molecular formula is C14H20N2O2. The molecule has 1 aliphatic rings. The molecule has 98 valence electrons. The van der Waals surface area contributed by atoms with Gasteiger partial charge in [0.25, 0.3) is 0 Å². The van der Waals surface area contributed by atoms with E-state index >= 15 is 0 Å². The van der Waals surface area contributed by atoms with E-state index in [2.05, 4.69) is 4.90 Å². The molecule has 0 radical (unpaired) electrons. The van der Waals surface area contributed by atoms with Crippen LogP contribution in [0, 0.1) is 17.0 Å². The number of hydrogen-bond donors (Lipinski definition) is 0. The first-order chi connectivity index (χ1) is 8.35. The van der Waals surface area contributed by atoms with Crippen molar-refractivity contribution in [3.63, 3.8) is 0 Å². The van der Waals surface area contributed by atoms with Crippen LogP contribution >= 0.6 is 0 Å². The van der Waals surface area contributed by atoms with E-state index < -0.39 is 11.6 Å². The minimum absolute atomic E-state index is 0.0267. The van der Waals surface area contributed by atoms with Gasteiger partial charge in [0.15, 0.2) is 0 Å². The molecule has 1 aromatic carbocycles. The molecule has 0 unspecified atom stereocenters. The Morgan fingerprint density at radius 1 is 1.39 bits per heavy atom. The molecule has 0 aromatic heterocycles. The van der Waals surface area contributed by atoms with Gasteiger partial charge in [-0.15, -0.1) is 0 Å². The van der Waals surface area contributed by atoms with E-state index in [1.807, 2.05) is 52.1 Å². The first-order valence-corrected chi connectivity index (χ1v) is 6.26. The van der Waals surface area contributed by atoms with Gasteiger partial charge in [-0.25, -0.2) is 0 Å². The van der Waals surface area contributed by atoms with Crippen LogP contribution in [0.15, 0.2) is 24.3 Å². The Bertz CT molecular complexity index is 471. The lowest BCUT2D eigenvalue weighted by molar-refractivity contribution is -0.534. The van der Waals surface area contributed by atoms with Crippen LogP contribution in [0.1, 0.15) is 30.9 Å². The maximum Gasteiger partial charge on any atom is 0.238 e. The molecule has 0 saturated carbocycles. The minimum atomic E-state index is -0.552. The van der Waals surface area contributed by atoms with Crippen molar-refractivity contribution >= 4 is 0 Å². The third-order valence-corrected chi connectivity index (χ3v) is 4.37. The minimum Gasteiger partial charge on any atom is -0.294 e. The quantitative estimate of drug-likeness (QED) is 0.596. The molecule has 1 fully saturated rings. The second-order valence-electron chi connectivity index (χ2n) is 5.73. The molecule has 0 aliphatic carbocycles. The van der Waals surface area contributed by atoms with Crippen molar-refractivity contribution < 1.29 is 4.92 Å². The van der Waals surface area contributed by atoms with Gasteiger partial charge in [-0.1, -0.05) is 24.3 Å². The Kier molecular flexibility index (Phi) is 3.15. The number of rotatable bonds is 2. The summed E-state index contributed by atoms with van der Waals surface area (Å²) in [5, 5.41) is 11.4. The van der Waals surface area contributed by atoms with E-state index in [0.29, 0.717) is 0 Å².